The van der Waals surface area contributed by atoms with E-state index < -0.39 is 6.04 Å². The molecule has 0 aromatic heterocycles. The molecule has 1 aromatic carbocycles. The summed E-state index contributed by atoms with van der Waals surface area (Å²) in [5, 5.41) is 2.33. The van der Waals surface area contributed by atoms with Gasteiger partial charge in [-0.3, -0.25) is 24.6 Å². The predicted octanol–water partition coefficient (Wildman–Crippen LogP) is -0.692. The van der Waals surface area contributed by atoms with Gasteiger partial charge in [-0.2, -0.15) is 0 Å². The van der Waals surface area contributed by atoms with Crippen LogP contribution in [0.25, 0.3) is 0 Å². The molecular formula is C19H25N5O3. The van der Waals surface area contributed by atoms with Crippen molar-refractivity contribution in [2.75, 3.05) is 13.1 Å². The summed E-state index contributed by atoms with van der Waals surface area (Å²) in [5.41, 5.74) is 14.7. The Balaban J connectivity index is 1.48. The molecule has 0 radical (unpaired) electrons. The van der Waals surface area contributed by atoms with Crippen molar-refractivity contribution in [3.05, 3.63) is 34.9 Å². The Morgan fingerprint density at radius 1 is 1.11 bits per heavy atom. The second kappa shape index (κ2) is 7.03. The second-order valence-electron chi connectivity index (χ2n) is 7.84. The summed E-state index contributed by atoms with van der Waals surface area (Å²) < 4.78 is 0. The molecule has 1 unspecified atom stereocenters. The molecule has 3 atom stereocenters. The number of likely N-dealkylation sites (tertiary alicyclic amines) is 1. The fraction of sp³-hybridized carbons (Fsp3) is 0.526. The Morgan fingerprint density at radius 2 is 1.85 bits per heavy atom. The zero-order valence-corrected chi connectivity index (χ0v) is 15.2. The van der Waals surface area contributed by atoms with E-state index in [2.05, 4.69) is 10.2 Å². The van der Waals surface area contributed by atoms with E-state index in [4.69, 9.17) is 11.5 Å². The summed E-state index contributed by atoms with van der Waals surface area (Å²) in [4.78, 5) is 40.2. The van der Waals surface area contributed by atoms with Crippen molar-refractivity contribution in [1.82, 2.24) is 15.1 Å². The van der Waals surface area contributed by atoms with Gasteiger partial charge in [-0.15, -0.1) is 0 Å². The molecule has 27 heavy (non-hydrogen) atoms. The van der Waals surface area contributed by atoms with Crippen LogP contribution in [0.3, 0.4) is 0 Å². The first-order chi connectivity index (χ1) is 12.9. The van der Waals surface area contributed by atoms with E-state index in [0.29, 0.717) is 25.1 Å². The van der Waals surface area contributed by atoms with Gasteiger partial charge in [0.05, 0.1) is 0 Å². The first kappa shape index (κ1) is 18.1. The lowest BCUT2D eigenvalue weighted by Gasteiger charge is -2.34. The van der Waals surface area contributed by atoms with Crippen LogP contribution in [-0.2, 0) is 22.7 Å². The normalized spacial score (nSPS) is 29.0. The third kappa shape index (κ3) is 3.60. The Morgan fingerprint density at radius 3 is 2.56 bits per heavy atom. The number of carbonyl (C=O) groups is 3. The van der Waals surface area contributed by atoms with Gasteiger partial charge in [0.15, 0.2) is 0 Å². The molecule has 2 fully saturated rings. The quantitative estimate of drug-likeness (QED) is 0.605. The number of nitrogens with one attached hydrogen (secondary N) is 1. The van der Waals surface area contributed by atoms with Gasteiger partial charge in [0, 0.05) is 50.2 Å². The summed E-state index contributed by atoms with van der Waals surface area (Å²) >= 11 is 0. The predicted molar refractivity (Wildman–Crippen MR) is 98.3 cm³/mol. The van der Waals surface area contributed by atoms with Crippen LogP contribution in [0, 0.1) is 0 Å². The largest absolute Gasteiger partial charge is 0.326 e. The average molecular weight is 371 g/mol. The number of benzene rings is 1. The van der Waals surface area contributed by atoms with E-state index in [1.165, 1.54) is 0 Å². The Bertz CT molecular complexity index is 786. The topological polar surface area (TPSA) is 122 Å². The highest BCUT2D eigenvalue weighted by atomic mass is 16.2. The SMILES string of the molecule is N[C@@H]1C[C@H](N)CN(Cc2ccc3c(c2)C(=O)N(C2CCC(=O)NC2=O)C3)C1. The van der Waals surface area contributed by atoms with Crippen molar-refractivity contribution in [1.29, 1.82) is 0 Å². The molecule has 2 saturated heterocycles. The van der Waals surface area contributed by atoms with Crippen molar-refractivity contribution in [3.8, 4) is 0 Å². The van der Waals surface area contributed by atoms with Gasteiger partial charge in [0.2, 0.25) is 11.8 Å². The van der Waals surface area contributed by atoms with Gasteiger partial charge in [-0.1, -0.05) is 12.1 Å². The molecule has 3 aliphatic heterocycles. The number of amides is 3. The summed E-state index contributed by atoms with van der Waals surface area (Å²) in [6.07, 6.45) is 1.47. The monoisotopic (exact) mass is 371 g/mol. The molecule has 5 N–H and O–H groups in total. The smallest absolute Gasteiger partial charge is 0.255 e. The molecule has 3 heterocycles. The fourth-order valence-corrected chi connectivity index (χ4v) is 4.36. The molecular weight excluding hydrogens is 346 g/mol. The molecule has 3 aliphatic rings. The zero-order valence-electron chi connectivity index (χ0n) is 15.2. The van der Waals surface area contributed by atoms with Crippen LogP contribution >= 0.6 is 0 Å². The molecule has 3 amide bonds. The Labute approximate surface area is 157 Å². The number of piperidine rings is 2. The third-order valence-corrected chi connectivity index (χ3v) is 5.59. The van der Waals surface area contributed by atoms with E-state index in [-0.39, 0.29) is 36.2 Å². The van der Waals surface area contributed by atoms with Gasteiger partial charge < -0.3 is 16.4 Å². The standard InChI is InChI=1S/C19H25N5O3/c20-13-6-14(21)10-23(9-13)7-11-1-2-12-8-24(19(27)15(12)5-11)16-3-4-17(25)22-18(16)26/h1-2,5,13-14,16H,3-4,6-10,20-21H2,(H,22,25,26)/t13-,14+,16?. The zero-order chi connectivity index (χ0) is 19.1. The van der Waals surface area contributed by atoms with Gasteiger partial charge in [0.1, 0.15) is 6.04 Å². The van der Waals surface area contributed by atoms with Crippen molar-refractivity contribution >= 4 is 17.7 Å². The molecule has 4 rings (SSSR count). The molecule has 0 bridgehead atoms. The number of nitrogens with zero attached hydrogens (tertiary/aromatic N) is 2. The minimum Gasteiger partial charge on any atom is -0.326 e. The third-order valence-electron chi connectivity index (χ3n) is 5.59. The number of hydrogen-bond donors (Lipinski definition) is 3. The lowest BCUT2D eigenvalue weighted by atomic mass is 10.0. The number of nitrogens with two attached hydrogens (primary N) is 2. The lowest BCUT2D eigenvalue weighted by molar-refractivity contribution is -0.136. The van der Waals surface area contributed by atoms with E-state index in [9.17, 15) is 14.4 Å². The molecule has 0 aliphatic carbocycles. The van der Waals surface area contributed by atoms with Crippen molar-refractivity contribution in [3.63, 3.8) is 0 Å². The van der Waals surface area contributed by atoms with Gasteiger partial charge in [-0.05, 0) is 30.0 Å². The number of hydrogen-bond acceptors (Lipinski definition) is 6. The Hall–Kier alpha value is -2.29. The molecule has 0 spiro atoms. The van der Waals surface area contributed by atoms with E-state index in [0.717, 1.165) is 30.6 Å². The fourth-order valence-electron chi connectivity index (χ4n) is 4.36. The highest BCUT2D eigenvalue weighted by Crippen LogP contribution is 2.28. The molecule has 1 aromatic rings. The summed E-state index contributed by atoms with van der Waals surface area (Å²) in [6, 6.07) is 5.46. The second-order valence-corrected chi connectivity index (χ2v) is 7.84. The molecule has 8 nitrogen and oxygen atoms in total. The average Bonchev–Trinajstić information content (AvgIpc) is 2.90. The molecule has 144 valence electrons. The van der Waals surface area contributed by atoms with Crippen LogP contribution in [0.15, 0.2) is 18.2 Å². The van der Waals surface area contributed by atoms with E-state index in [1.54, 1.807) is 4.90 Å². The van der Waals surface area contributed by atoms with Crippen LogP contribution in [0.4, 0.5) is 0 Å². The van der Waals surface area contributed by atoms with Crippen LogP contribution < -0.4 is 16.8 Å². The number of rotatable bonds is 3. The van der Waals surface area contributed by atoms with Crippen LogP contribution in [0.1, 0.15) is 40.7 Å². The lowest BCUT2D eigenvalue weighted by Crippen LogP contribution is -2.52. The van der Waals surface area contributed by atoms with Gasteiger partial charge in [0.25, 0.3) is 5.91 Å². The van der Waals surface area contributed by atoms with E-state index >= 15 is 0 Å². The first-order valence-electron chi connectivity index (χ1n) is 9.40. The number of carbonyl (C=O) groups excluding carboxylic acids is 3. The van der Waals surface area contributed by atoms with Crippen LogP contribution in [0.5, 0.6) is 0 Å². The summed E-state index contributed by atoms with van der Waals surface area (Å²) in [5.74, 6) is -0.807. The minimum atomic E-state index is -0.579. The van der Waals surface area contributed by atoms with E-state index in [1.807, 2.05) is 18.2 Å². The van der Waals surface area contributed by atoms with Crippen molar-refractivity contribution in [2.24, 2.45) is 11.5 Å². The maximum absolute atomic E-state index is 12.9. The van der Waals surface area contributed by atoms with Crippen LogP contribution in [0.2, 0.25) is 0 Å². The van der Waals surface area contributed by atoms with Crippen LogP contribution in [-0.4, -0.2) is 58.7 Å². The maximum Gasteiger partial charge on any atom is 0.255 e. The first-order valence-corrected chi connectivity index (χ1v) is 9.40. The number of fused-ring (bicyclic) bond motifs is 1. The van der Waals surface area contributed by atoms with Crippen molar-refractivity contribution < 1.29 is 14.4 Å². The highest BCUT2D eigenvalue weighted by Gasteiger charge is 2.39. The Kier molecular flexibility index (Phi) is 4.71. The summed E-state index contributed by atoms with van der Waals surface area (Å²) in [7, 11) is 0. The summed E-state index contributed by atoms with van der Waals surface area (Å²) in [6.45, 7) is 2.68. The molecule has 0 saturated carbocycles. The number of imide groups is 1. The molecule has 8 heteroatoms. The minimum absolute atomic E-state index is 0.0767. The van der Waals surface area contributed by atoms with Gasteiger partial charge in [-0.25, -0.2) is 0 Å². The maximum atomic E-state index is 12.9. The van der Waals surface area contributed by atoms with Crippen molar-refractivity contribution in [2.45, 2.75) is 50.5 Å². The van der Waals surface area contributed by atoms with Gasteiger partial charge >= 0.3 is 0 Å². The highest BCUT2D eigenvalue weighted by molar-refractivity contribution is 6.05.